The van der Waals surface area contributed by atoms with Crippen molar-refractivity contribution < 1.29 is 9.59 Å². The van der Waals surface area contributed by atoms with E-state index in [0.29, 0.717) is 5.56 Å². The van der Waals surface area contributed by atoms with E-state index < -0.39 is 0 Å². The fraction of sp³-hybridized carbons (Fsp3) is 0.391. The third kappa shape index (κ3) is 3.75. The lowest BCUT2D eigenvalue weighted by Gasteiger charge is -2.26. The van der Waals surface area contributed by atoms with Gasteiger partial charge >= 0.3 is 0 Å². The normalized spacial score (nSPS) is 18.9. The summed E-state index contributed by atoms with van der Waals surface area (Å²) in [5.74, 6) is 0.111. The van der Waals surface area contributed by atoms with E-state index in [4.69, 9.17) is 0 Å². The predicted octanol–water partition coefficient (Wildman–Crippen LogP) is 4.54. The van der Waals surface area contributed by atoms with Crippen molar-refractivity contribution in [2.24, 2.45) is 5.92 Å². The molecule has 2 aliphatic carbocycles. The molecular formula is C23H26N2O2. The maximum Gasteiger partial charge on any atom is 0.251 e. The number of fused-ring (bicyclic) bond motifs is 1. The molecule has 0 bridgehead atoms. The number of amides is 2. The van der Waals surface area contributed by atoms with Gasteiger partial charge in [0.25, 0.3) is 5.91 Å². The summed E-state index contributed by atoms with van der Waals surface area (Å²) in [6.45, 7) is 1.95. The molecule has 0 radical (unpaired) electrons. The number of aryl methyl sites for hydroxylation is 2. The number of benzene rings is 2. The molecule has 2 aromatic carbocycles. The number of hydrogen-bond acceptors (Lipinski definition) is 2. The molecular weight excluding hydrogens is 336 g/mol. The summed E-state index contributed by atoms with van der Waals surface area (Å²) < 4.78 is 0. The Labute approximate surface area is 160 Å². The van der Waals surface area contributed by atoms with Gasteiger partial charge in [-0.3, -0.25) is 9.59 Å². The first-order valence-corrected chi connectivity index (χ1v) is 9.92. The zero-order chi connectivity index (χ0) is 18.8. The number of nitrogens with one attached hydrogen (secondary N) is 2. The molecule has 0 unspecified atom stereocenters. The highest BCUT2D eigenvalue weighted by molar-refractivity contribution is 5.98. The van der Waals surface area contributed by atoms with Crippen LogP contribution in [0.2, 0.25) is 0 Å². The van der Waals surface area contributed by atoms with Gasteiger partial charge in [-0.15, -0.1) is 0 Å². The van der Waals surface area contributed by atoms with E-state index in [2.05, 4.69) is 28.8 Å². The van der Waals surface area contributed by atoms with Gasteiger partial charge in [0.05, 0.1) is 6.04 Å². The van der Waals surface area contributed by atoms with Crippen LogP contribution in [0.15, 0.2) is 42.5 Å². The first-order valence-electron chi connectivity index (χ1n) is 9.92. The van der Waals surface area contributed by atoms with E-state index in [9.17, 15) is 9.59 Å². The predicted molar refractivity (Wildman–Crippen MR) is 107 cm³/mol. The first-order chi connectivity index (χ1) is 13.1. The van der Waals surface area contributed by atoms with Crippen LogP contribution in [0.4, 0.5) is 5.69 Å². The standard InChI is InChI=1S/C23H26N2O2/c1-15-12-13-18(14-21(15)25-22(26)17-8-4-9-17)23(27)24-20-11-5-7-16-6-2-3-10-19(16)20/h2-3,6,10,12-14,17,20H,4-5,7-9,11H2,1H3,(H,24,27)(H,25,26)/t20-/m0/s1. The zero-order valence-corrected chi connectivity index (χ0v) is 15.8. The minimum atomic E-state index is -0.0872. The smallest absolute Gasteiger partial charge is 0.251 e. The zero-order valence-electron chi connectivity index (χ0n) is 15.8. The van der Waals surface area contributed by atoms with Crippen LogP contribution < -0.4 is 10.6 Å². The van der Waals surface area contributed by atoms with Gasteiger partial charge in [0.2, 0.25) is 5.91 Å². The molecule has 0 saturated heterocycles. The van der Waals surface area contributed by atoms with Crippen molar-refractivity contribution in [3.05, 3.63) is 64.7 Å². The van der Waals surface area contributed by atoms with Gasteiger partial charge in [-0.2, -0.15) is 0 Å². The second-order valence-electron chi connectivity index (χ2n) is 7.76. The van der Waals surface area contributed by atoms with Crippen LogP contribution in [-0.4, -0.2) is 11.8 Å². The fourth-order valence-electron chi connectivity index (χ4n) is 3.95. The highest BCUT2D eigenvalue weighted by Crippen LogP contribution is 2.30. The van der Waals surface area contributed by atoms with E-state index in [0.717, 1.165) is 49.8 Å². The van der Waals surface area contributed by atoms with Crippen LogP contribution in [0.25, 0.3) is 0 Å². The van der Waals surface area contributed by atoms with Crippen LogP contribution in [0.5, 0.6) is 0 Å². The number of carbonyl (C=O) groups is 2. The minimum Gasteiger partial charge on any atom is -0.345 e. The summed E-state index contributed by atoms with van der Waals surface area (Å²) in [5.41, 5.74) is 4.85. The Bertz CT molecular complexity index is 870. The monoisotopic (exact) mass is 362 g/mol. The van der Waals surface area contributed by atoms with Crippen molar-refractivity contribution in [2.45, 2.75) is 51.5 Å². The highest BCUT2D eigenvalue weighted by Gasteiger charge is 2.26. The average molecular weight is 362 g/mol. The van der Waals surface area contributed by atoms with Gasteiger partial charge in [-0.1, -0.05) is 36.8 Å². The van der Waals surface area contributed by atoms with Crippen LogP contribution in [-0.2, 0) is 11.2 Å². The number of carbonyl (C=O) groups excluding carboxylic acids is 2. The number of hydrogen-bond donors (Lipinski definition) is 2. The van der Waals surface area contributed by atoms with Gasteiger partial charge in [-0.05, 0) is 67.9 Å². The van der Waals surface area contributed by atoms with Gasteiger partial charge in [0, 0.05) is 17.2 Å². The largest absolute Gasteiger partial charge is 0.345 e. The second-order valence-corrected chi connectivity index (χ2v) is 7.76. The molecule has 0 aliphatic heterocycles. The van der Waals surface area contributed by atoms with Crippen molar-refractivity contribution in [1.29, 1.82) is 0 Å². The van der Waals surface area contributed by atoms with Crippen molar-refractivity contribution in [3.63, 3.8) is 0 Å². The van der Waals surface area contributed by atoms with E-state index in [1.165, 1.54) is 11.1 Å². The lowest BCUT2D eigenvalue weighted by Crippen LogP contribution is -2.31. The van der Waals surface area contributed by atoms with Gasteiger partial charge in [0.1, 0.15) is 0 Å². The topological polar surface area (TPSA) is 58.2 Å². The third-order valence-corrected chi connectivity index (χ3v) is 5.91. The van der Waals surface area contributed by atoms with E-state index in [1.807, 2.05) is 25.1 Å². The van der Waals surface area contributed by atoms with Crippen LogP contribution in [0.3, 0.4) is 0 Å². The van der Waals surface area contributed by atoms with Crippen molar-refractivity contribution in [3.8, 4) is 0 Å². The molecule has 27 heavy (non-hydrogen) atoms. The fourth-order valence-corrected chi connectivity index (χ4v) is 3.95. The van der Waals surface area contributed by atoms with Crippen LogP contribution in [0.1, 0.15) is 65.2 Å². The summed E-state index contributed by atoms with van der Waals surface area (Å²) in [7, 11) is 0. The van der Waals surface area contributed by atoms with Crippen molar-refractivity contribution in [2.75, 3.05) is 5.32 Å². The molecule has 0 aromatic heterocycles. The SMILES string of the molecule is Cc1ccc(C(=O)N[C@H]2CCCc3ccccc32)cc1NC(=O)C1CCC1. The highest BCUT2D eigenvalue weighted by atomic mass is 16.2. The molecule has 1 fully saturated rings. The average Bonchev–Trinajstić information content (AvgIpc) is 2.62. The summed E-state index contributed by atoms with van der Waals surface area (Å²) >= 11 is 0. The first kappa shape index (κ1) is 17.8. The summed E-state index contributed by atoms with van der Waals surface area (Å²) in [4.78, 5) is 25.1. The summed E-state index contributed by atoms with van der Waals surface area (Å²) in [6, 6.07) is 13.9. The molecule has 2 aromatic rings. The molecule has 4 heteroatoms. The Morgan fingerprint density at radius 2 is 1.81 bits per heavy atom. The Morgan fingerprint density at radius 3 is 2.59 bits per heavy atom. The molecule has 4 rings (SSSR count). The quantitative estimate of drug-likeness (QED) is 0.839. The van der Waals surface area contributed by atoms with Gasteiger partial charge in [-0.25, -0.2) is 0 Å². The molecule has 2 aliphatic rings. The lowest BCUT2D eigenvalue weighted by atomic mass is 9.84. The van der Waals surface area contributed by atoms with Crippen molar-refractivity contribution >= 4 is 17.5 Å². The molecule has 2 amide bonds. The Hall–Kier alpha value is -2.62. The molecule has 1 atom stereocenters. The van der Waals surface area contributed by atoms with Crippen molar-refractivity contribution in [1.82, 2.24) is 5.32 Å². The van der Waals surface area contributed by atoms with E-state index in [1.54, 1.807) is 6.07 Å². The molecule has 0 heterocycles. The summed E-state index contributed by atoms with van der Waals surface area (Å²) in [5, 5.41) is 6.19. The molecule has 140 valence electrons. The Morgan fingerprint density at radius 1 is 1.00 bits per heavy atom. The van der Waals surface area contributed by atoms with E-state index >= 15 is 0 Å². The molecule has 1 saturated carbocycles. The number of rotatable bonds is 4. The van der Waals surface area contributed by atoms with Gasteiger partial charge < -0.3 is 10.6 Å². The summed E-state index contributed by atoms with van der Waals surface area (Å²) in [6.07, 6.45) is 6.17. The second kappa shape index (κ2) is 7.55. The lowest BCUT2D eigenvalue weighted by molar-refractivity contribution is -0.122. The minimum absolute atomic E-state index is 0.0526. The molecule has 0 spiro atoms. The molecule has 2 N–H and O–H groups in total. The van der Waals surface area contributed by atoms with Gasteiger partial charge in [0.15, 0.2) is 0 Å². The van der Waals surface area contributed by atoms with Crippen LogP contribution in [0, 0.1) is 12.8 Å². The maximum absolute atomic E-state index is 12.8. The Balaban J connectivity index is 1.49. The number of anilines is 1. The molecule has 4 nitrogen and oxygen atoms in total. The maximum atomic E-state index is 12.8. The van der Waals surface area contributed by atoms with Crippen LogP contribution >= 0.6 is 0 Å². The third-order valence-electron chi connectivity index (χ3n) is 5.91. The van der Waals surface area contributed by atoms with E-state index in [-0.39, 0.29) is 23.8 Å². The Kier molecular flexibility index (Phi) is 4.97.